The zero-order valence-corrected chi connectivity index (χ0v) is 72.8. The van der Waals surface area contributed by atoms with Gasteiger partial charge in [0.15, 0.2) is 0 Å². The van der Waals surface area contributed by atoms with Crippen LogP contribution in [0.2, 0.25) is 0 Å². The Balaban J connectivity index is 0.000000140. The van der Waals surface area contributed by atoms with E-state index in [0.717, 1.165) is 134 Å². The van der Waals surface area contributed by atoms with Crippen LogP contribution in [0.4, 0.5) is 0 Å². The van der Waals surface area contributed by atoms with Gasteiger partial charge in [-0.1, -0.05) is 376 Å². The minimum atomic E-state index is 0.828. The van der Waals surface area contributed by atoms with E-state index in [1.165, 1.54) is 120 Å². The number of para-hydroxylation sites is 4. The lowest BCUT2D eigenvalue weighted by Gasteiger charge is -2.14. The lowest BCUT2D eigenvalue weighted by Crippen LogP contribution is -1.99. The van der Waals surface area contributed by atoms with E-state index in [9.17, 15) is 0 Å². The van der Waals surface area contributed by atoms with Crippen LogP contribution in [0.1, 0.15) is 0 Å². The minimum Gasteiger partial charge on any atom is -0.309 e. The quantitative estimate of drug-likeness (QED) is 0.115. The summed E-state index contributed by atoms with van der Waals surface area (Å²) in [6.07, 6.45) is 0. The molecule has 6 heterocycles. The van der Waals surface area contributed by atoms with Gasteiger partial charge in [0.1, 0.15) is 0 Å². The maximum Gasteiger partial charge on any atom is 0.0973 e. The Morgan fingerprint density at radius 2 is 0.373 bits per heavy atom. The summed E-state index contributed by atoms with van der Waals surface area (Å²) in [4.78, 5) is 21.8. The molecule has 0 N–H and O–H groups in total. The van der Waals surface area contributed by atoms with Crippen LogP contribution in [0.15, 0.2) is 485 Å². The van der Waals surface area contributed by atoms with Gasteiger partial charge in [0, 0.05) is 88.1 Å². The minimum absolute atomic E-state index is 0.828. The van der Waals surface area contributed by atoms with Gasteiger partial charge in [0.05, 0.1) is 89.0 Å². The van der Waals surface area contributed by atoms with Crippen LogP contribution in [0.5, 0.6) is 0 Å². The van der Waals surface area contributed by atoms with Gasteiger partial charge in [-0.15, -0.1) is 0 Å². The maximum atomic E-state index is 5.55. The van der Waals surface area contributed by atoms with Crippen LogP contribution >= 0.6 is 0 Å². The van der Waals surface area contributed by atoms with E-state index in [4.69, 9.17) is 19.9 Å². The summed E-state index contributed by atoms with van der Waals surface area (Å²) in [5.41, 5.74) is 36.2. The standard InChI is InChI=1S/C66H42N4.C60H38N4/c1-5-17-43(18-6-1)45-29-33-48(34-30-45)65-66(49-35-31-46(32-36-49)44-19-7-2-8-20-44)68-59-39-51(37-38-58(59)67-65)70-60-28-16-15-26-53(60)56-40-57-62(42-61(56)70)69(50-23-11-4-12-24-50)63-41-55(47-21-9-3-10-22-47)52-25-13-14-27-54(52)64(57)63;1-5-17-39(18-6-1)40-29-31-43(32-30-40)60-59(42-21-9-3-10-22-42)61-52-34-33-45(35-53(52)62-60)64-54-28-16-15-26-47(54)50-36-51-56(38-55(50)64)63(44-23-11-4-12-24-44)57-37-49(41-19-7-2-8-20-41)46-25-13-14-27-48(46)58(51)57/h1-42H;1-38H. The Labute approximate surface area is 772 Å². The predicted molar refractivity (Wildman–Crippen MR) is 560 cm³/mol. The van der Waals surface area contributed by atoms with E-state index in [-0.39, 0.29) is 0 Å². The van der Waals surface area contributed by atoms with Gasteiger partial charge in [-0.25, -0.2) is 19.9 Å². The number of aromatic nitrogens is 8. The summed E-state index contributed by atoms with van der Waals surface area (Å²) in [6, 6.07) is 174. The molecule has 0 bridgehead atoms. The van der Waals surface area contributed by atoms with Crippen molar-refractivity contribution in [2.75, 3.05) is 0 Å². The molecule has 0 saturated carbocycles. The normalized spacial score (nSPS) is 11.7. The summed E-state index contributed by atoms with van der Waals surface area (Å²) >= 11 is 0. The molecular weight excluding hydrogens is 1630 g/mol. The summed E-state index contributed by atoms with van der Waals surface area (Å²) in [7, 11) is 0. The third-order valence-electron chi connectivity index (χ3n) is 27.0. The Morgan fingerprint density at radius 1 is 0.127 bits per heavy atom. The van der Waals surface area contributed by atoms with Gasteiger partial charge in [0.25, 0.3) is 0 Å². The maximum absolute atomic E-state index is 5.55. The molecule has 0 unspecified atom stereocenters. The zero-order valence-electron chi connectivity index (χ0n) is 72.8. The highest BCUT2D eigenvalue weighted by Gasteiger charge is 2.27. The molecule has 0 saturated heterocycles. The topological polar surface area (TPSA) is 71.3 Å². The fourth-order valence-electron chi connectivity index (χ4n) is 20.8. The highest BCUT2D eigenvalue weighted by Crippen LogP contribution is 2.49. The molecule has 8 nitrogen and oxygen atoms in total. The molecule has 0 radical (unpaired) electrons. The van der Waals surface area contributed by atoms with E-state index in [0.29, 0.717) is 0 Å². The smallest absolute Gasteiger partial charge is 0.0973 e. The fourth-order valence-corrected chi connectivity index (χ4v) is 20.8. The van der Waals surface area contributed by atoms with Crippen LogP contribution < -0.4 is 0 Å². The van der Waals surface area contributed by atoms with E-state index < -0.39 is 0 Å². The van der Waals surface area contributed by atoms with Crippen molar-refractivity contribution in [3.63, 3.8) is 0 Å². The van der Waals surface area contributed by atoms with Crippen molar-refractivity contribution in [3.8, 4) is 123 Å². The van der Waals surface area contributed by atoms with Crippen molar-refractivity contribution < 1.29 is 0 Å². The van der Waals surface area contributed by atoms with Crippen LogP contribution in [-0.4, -0.2) is 38.2 Å². The van der Waals surface area contributed by atoms with Crippen molar-refractivity contribution >= 4 is 131 Å². The Morgan fingerprint density at radius 3 is 0.716 bits per heavy atom. The van der Waals surface area contributed by atoms with Crippen molar-refractivity contribution in [1.82, 2.24) is 38.2 Å². The summed E-state index contributed by atoms with van der Waals surface area (Å²) in [5.74, 6) is 0. The molecular formula is C126H80N8. The van der Waals surface area contributed by atoms with Gasteiger partial charge in [-0.05, 0) is 186 Å². The number of hydrogen-bond donors (Lipinski definition) is 0. The lowest BCUT2D eigenvalue weighted by molar-refractivity contribution is 1.16. The fraction of sp³-hybridized carbons (Fsp3) is 0. The molecule has 0 fully saturated rings. The molecule has 21 aromatic carbocycles. The zero-order chi connectivity index (χ0) is 88.3. The first-order valence-corrected chi connectivity index (χ1v) is 45.7. The van der Waals surface area contributed by atoms with Crippen LogP contribution in [0.25, 0.3) is 254 Å². The first kappa shape index (κ1) is 77.2. The number of benzene rings is 21. The summed E-state index contributed by atoms with van der Waals surface area (Å²) in [5, 5.41) is 14.7. The molecule has 0 aliphatic rings. The number of fused-ring (bicyclic) bond motifs is 18. The van der Waals surface area contributed by atoms with Crippen molar-refractivity contribution in [2.45, 2.75) is 0 Å². The molecule has 624 valence electrons. The van der Waals surface area contributed by atoms with Crippen molar-refractivity contribution in [3.05, 3.63) is 485 Å². The predicted octanol–water partition coefficient (Wildman–Crippen LogP) is 33.0. The second-order valence-corrected chi connectivity index (χ2v) is 34.7. The highest BCUT2D eigenvalue weighted by molar-refractivity contribution is 6.29. The van der Waals surface area contributed by atoms with Gasteiger partial charge in [0.2, 0.25) is 0 Å². The molecule has 8 heteroatoms. The molecule has 0 spiro atoms. The largest absolute Gasteiger partial charge is 0.309 e. The average molecular weight is 1710 g/mol. The highest BCUT2D eigenvalue weighted by atomic mass is 15.0. The Kier molecular flexibility index (Phi) is 18.5. The van der Waals surface area contributed by atoms with Crippen LogP contribution in [0, 0.1) is 0 Å². The Bertz CT molecular complexity index is 9280. The van der Waals surface area contributed by atoms with Gasteiger partial charge in [-0.3, -0.25) is 0 Å². The average Bonchev–Trinajstić information content (AvgIpc) is 1.54. The molecule has 6 aromatic heterocycles. The number of rotatable bonds is 13. The second kappa shape index (κ2) is 32.0. The van der Waals surface area contributed by atoms with E-state index in [1.54, 1.807) is 0 Å². The monoisotopic (exact) mass is 1700 g/mol. The third kappa shape index (κ3) is 13.1. The Hall–Kier alpha value is -18.0. The SMILES string of the molecule is c1ccc(-c2ccc(-c3nc4cc(-n5c6ccccc6c6cc7c8c9ccccc9c(-c9ccccc9)cc8n(-c8ccccc8)c7cc65)ccc4nc3-c3ccccc3)cc2)cc1.c1ccc(-c2ccc(-c3nc4ccc(-n5c6ccccc6c6cc7c8c9ccccc9c(-c9ccccc9)cc8n(-c8ccccc8)c7cc65)cc4nc3-c3ccc(-c4ccccc4)cc3)cc2)cc1. The first-order chi connectivity index (χ1) is 66.5. The van der Waals surface area contributed by atoms with Crippen molar-refractivity contribution in [1.29, 1.82) is 0 Å². The third-order valence-corrected chi connectivity index (χ3v) is 27.0. The van der Waals surface area contributed by atoms with E-state index in [1.807, 2.05) is 6.07 Å². The molecule has 0 aliphatic heterocycles. The summed E-state index contributed by atoms with van der Waals surface area (Å²) < 4.78 is 9.73. The summed E-state index contributed by atoms with van der Waals surface area (Å²) in [6.45, 7) is 0. The molecule has 0 aliphatic carbocycles. The molecule has 134 heavy (non-hydrogen) atoms. The molecule has 27 rings (SSSR count). The first-order valence-electron chi connectivity index (χ1n) is 45.7. The van der Waals surface area contributed by atoms with Crippen LogP contribution in [-0.2, 0) is 0 Å². The van der Waals surface area contributed by atoms with Crippen molar-refractivity contribution in [2.24, 2.45) is 0 Å². The molecule has 27 aromatic rings. The van der Waals surface area contributed by atoms with Gasteiger partial charge < -0.3 is 18.3 Å². The van der Waals surface area contributed by atoms with E-state index in [2.05, 4.69) is 498 Å². The lowest BCUT2D eigenvalue weighted by atomic mass is 9.94. The number of hydrogen-bond acceptors (Lipinski definition) is 4. The second-order valence-electron chi connectivity index (χ2n) is 34.7. The molecule has 0 atom stereocenters. The van der Waals surface area contributed by atoms with Gasteiger partial charge >= 0.3 is 0 Å². The van der Waals surface area contributed by atoms with E-state index >= 15 is 0 Å². The molecule has 0 amide bonds. The number of nitrogens with zero attached hydrogens (tertiary/aromatic N) is 8. The van der Waals surface area contributed by atoms with Gasteiger partial charge in [-0.2, -0.15) is 0 Å². The van der Waals surface area contributed by atoms with Crippen LogP contribution in [0.3, 0.4) is 0 Å².